The topological polar surface area (TPSA) is 81.3 Å². The van der Waals surface area contributed by atoms with Crippen LogP contribution in [0.25, 0.3) is 0 Å². The van der Waals surface area contributed by atoms with Crippen LogP contribution < -0.4 is 20.1 Å². The zero-order valence-corrected chi connectivity index (χ0v) is 14.6. The van der Waals surface area contributed by atoms with Gasteiger partial charge >= 0.3 is 6.03 Å². The molecule has 0 unspecified atom stereocenters. The fraction of sp³-hybridized carbons (Fsp3) is 0.588. The van der Waals surface area contributed by atoms with Gasteiger partial charge in [-0.3, -0.25) is 4.90 Å². The van der Waals surface area contributed by atoms with Crippen molar-refractivity contribution in [1.29, 1.82) is 0 Å². The first-order valence-electron chi connectivity index (χ1n) is 8.40. The number of carbonyl (C=O) groups is 1. The minimum absolute atomic E-state index is 0.0433. The third kappa shape index (κ3) is 4.33. The largest absolute Gasteiger partial charge is 0.493 e. The lowest BCUT2D eigenvalue weighted by molar-refractivity contribution is 0.0113. The molecule has 1 aromatic carbocycles. The Hall–Kier alpha value is -2.03. The highest BCUT2D eigenvalue weighted by molar-refractivity contribution is 5.90. The molecule has 2 N–H and O–H groups in total. The molecule has 1 aromatic rings. The number of nitrogens with zero attached hydrogens (tertiary/aromatic N) is 1. The van der Waals surface area contributed by atoms with Crippen molar-refractivity contribution in [3.8, 4) is 11.5 Å². The molecule has 0 aliphatic carbocycles. The fourth-order valence-corrected chi connectivity index (χ4v) is 3.20. The van der Waals surface area contributed by atoms with Gasteiger partial charge in [0, 0.05) is 24.8 Å². The number of anilines is 1. The number of hydrogen-bond acceptors (Lipinski definition) is 6. The van der Waals surface area contributed by atoms with Gasteiger partial charge in [0.25, 0.3) is 0 Å². The highest BCUT2D eigenvalue weighted by atomic mass is 16.5. The van der Waals surface area contributed by atoms with Crippen molar-refractivity contribution in [3.05, 3.63) is 18.2 Å². The molecule has 0 radical (unpaired) electrons. The number of rotatable bonds is 5. The van der Waals surface area contributed by atoms with E-state index in [2.05, 4.69) is 15.5 Å². The van der Waals surface area contributed by atoms with Gasteiger partial charge in [-0.25, -0.2) is 4.79 Å². The van der Waals surface area contributed by atoms with E-state index in [1.54, 1.807) is 32.4 Å². The number of ether oxygens (including phenoxy) is 4. The van der Waals surface area contributed by atoms with E-state index in [-0.39, 0.29) is 18.1 Å². The summed E-state index contributed by atoms with van der Waals surface area (Å²) in [5.74, 6) is 1.18. The van der Waals surface area contributed by atoms with Crippen LogP contribution in [0.15, 0.2) is 18.2 Å². The average Bonchev–Trinajstić information content (AvgIpc) is 3.10. The van der Waals surface area contributed by atoms with Gasteiger partial charge in [0.1, 0.15) is 0 Å². The maximum absolute atomic E-state index is 12.4. The number of carbonyl (C=O) groups excluding carboxylic acids is 1. The van der Waals surface area contributed by atoms with Gasteiger partial charge in [0.15, 0.2) is 11.5 Å². The minimum atomic E-state index is -0.263. The van der Waals surface area contributed by atoms with Crippen molar-refractivity contribution in [1.82, 2.24) is 10.2 Å². The first-order chi connectivity index (χ1) is 12.2. The van der Waals surface area contributed by atoms with Gasteiger partial charge in [-0.1, -0.05) is 0 Å². The van der Waals surface area contributed by atoms with Gasteiger partial charge in [0.2, 0.25) is 0 Å². The summed E-state index contributed by atoms with van der Waals surface area (Å²) in [5, 5.41) is 5.85. The van der Waals surface area contributed by atoms with E-state index in [0.29, 0.717) is 30.4 Å². The first kappa shape index (κ1) is 17.8. The Morgan fingerprint density at radius 2 is 1.88 bits per heavy atom. The van der Waals surface area contributed by atoms with Crippen molar-refractivity contribution in [2.45, 2.75) is 12.1 Å². The summed E-state index contributed by atoms with van der Waals surface area (Å²) < 4.78 is 21.4. The lowest BCUT2D eigenvalue weighted by Crippen LogP contribution is -2.54. The molecule has 2 saturated heterocycles. The standard InChI is InChI=1S/C17H25N3O5/c1-22-15-4-3-12(9-16(15)23-2)18-17(21)19-13-10-25-11-14(13)20-5-7-24-8-6-20/h3-4,9,13-14H,5-8,10-11H2,1-2H3,(H2,18,19,21)/t13-,14-/m1/s1. The van der Waals surface area contributed by atoms with E-state index in [1.807, 2.05) is 0 Å². The molecule has 2 aliphatic heterocycles. The lowest BCUT2D eigenvalue weighted by atomic mass is 10.1. The normalized spacial score (nSPS) is 23.9. The highest BCUT2D eigenvalue weighted by Gasteiger charge is 2.34. The number of urea groups is 1. The zero-order valence-electron chi connectivity index (χ0n) is 14.6. The van der Waals surface area contributed by atoms with Gasteiger partial charge in [-0.05, 0) is 12.1 Å². The predicted molar refractivity (Wildman–Crippen MR) is 92.5 cm³/mol. The second-order valence-electron chi connectivity index (χ2n) is 6.03. The quantitative estimate of drug-likeness (QED) is 0.821. The molecule has 8 nitrogen and oxygen atoms in total. The Bertz CT molecular complexity index is 592. The summed E-state index contributed by atoms with van der Waals surface area (Å²) in [6.45, 7) is 4.32. The molecule has 0 aromatic heterocycles. The van der Waals surface area contributed by atoms with E-state index >= 15 is 0 Å². The molecule has 138 valence electrons. The fourth-order valence-electron chi connectivity index (χ4n) is 3.20. The van der Waals surface area contributed by atoms with Crippen molar-refractivity contribution in [2.24, 2.45) is 0 Å². The minimum Gasteiger partial charge on any atom is -0.493 e. The number of benzene rings is 1. The number of amides is 2. The SMILES string of the molecule is COc1ccc(NC(=O)N[C@@H]2COC[C@H]2N2CCOCC2)cc1OC. The highest BCUT2D eigenvalue weighted by Crippen LogP contribution is 2.29. The molecular formula is C17H25N3O5. The summed E-state index contributed by atoms with van der Waals surface area (Å²) in [7, 11) is 3.13. The second kappa shape index (κ2) is 8.37. The van der Waals surface area contributed by atoms with E-state index in [0.717, 1.165) is 26.3 Å². The molecule has 0 saturated carbocycles. The molecule has 0 bridgehead atoms. The van der Waals surface area contributed by atoms with Crippen LogP contribution in [0.4, 0.5) is 10.5 Å². The van der Waals surface area contributed by atoms with Crippen LogP contribution in [0.5, 0.6) is 11.5 Å². The Morgan fingerprint density at radius 3 is 2.60 bits per heavy atom. The molecule has 8 heteroatoms. The van der Waals surface area contributed by atoms with E-state index in [4.69, 9.17) is 18.9 Å². The summed E-state index contributed by atoms with van der Waals surface area (Å²) in [4.78, 5) is 14.7. The predicted octanol–water partition coefficient (Wildman–Crippen LogP) is 0.925. The Morgan fingerprint density at radius 1 is 1.12 bits per heavy atom. The van der Waals surface area contributed by atoms with Crippen LogP contribution in [-0.4, -0.2) is 76.8 Å². The summed E-state index contributed by atoms with van der Waals surface area (Å²) in [6.07, 6.45) is 0. The summed E-state index contributed by atoms with van der Waals surface area (Å²) in [5.41, 5.74) is 0.636. The summed E-state index contributed by atoms with van der Waals surface area (Å²) >= 11 is 0. The monoisotopic (exact) mass is 351 g/mol. The molecule has 2 fully saturated rings. The number of nitrogens with one attached hydrogen (secondary N) is 2. The van der Waals surface area contributed by atoms with Crippen molar-refractivity contribution >= 4 is 11.7 Å². The van der Waals surface area contributed by atoms with Crippen LogP contribution in [-0.2, 0) is 9.47 Å². The van der Waals surface area contributed by atoms with E-state index < -0.39 is 0 Å². The van der Waals surface area contributed by atoms with E-state index in [1.165, 1.54) is 0 Å². The summed E-state index contributed by atoms with van der Waals surface area (Å²) in [6, 6.07) is 5.12. The molecule has 0 spiro atoms. The third-order valence-corrected chi connectivity index (χ3v) is 4.52. The Balaban J connectivity index is 1.58. The van der Waals surface area contributed by atoms with Crippen molar-refractivity contribution in [2.75, 3.05) is 59.1 Å². The first-order valence-corrected chi connectivity index (χ1v) is 8.40. The molecule has 2 amide bonds. The van der Waals surface area contributed by atoms with E-state index in [9.17, 15) is 4.79 Å². The zero-order chi connectivity index (χ0) is 17.6. The average molecular weight is 351 g/mol. The molecule has 3 rings (SSSR count). The van der Waals surface area contributed by atoms with Crippen LogP contribution >= 0.6 is 0 Å². The number of methoxy groups -OCH3 is 2. The van der Waals surface area contributed by atoms with Crippen molar-refractivity contribution in [3.63, 3.8) is 0 Å². The molecular weight excluding hydrogens is 326 g/mol. The van der Waals surface area contributed by atoms with Crippen LogP contribution in [0.3, 0.4) is 0 Å². The molecule has 2 heterocycles. The molecule has 2 atom stereocenters. The third-order valence-electron chi connectivity index (χ3n) is 4.52. The Labute approximate surface area is 147 Å². The van der Waals surface area contributed by atoms with Gasteiger partial charge in [0.05, 0.1) is 52.7 Å². The molecule has 2 aliphatic rings. The molecule has 25 heavy (non-hydrogen) atoms. The Kier molecular flexibility index (Phi) is 5.95. The van der Waals surface area contributed by atoms with Crippen LogP contribution in [0, 0.1) is 0 Å². The van der Waals surface area contributed by atoms with Gasteiger partial charge < -0.3 is 29.6 Å². The smallest absolute Gasteiger partial charge is 0.319 e. The number of morpholine rings is 1. The van der Waals surface area contributed by atoms with Gasteiger partial charge in [-0.15, -0.1) is 0 Å². The van der Waals surface area contributed by atoms with Crippen LogP contribution in [0.2, 0.25) is 0 Å². The van der Waals surface area contributed by atoms with Crippen molar-refractivity contribution < 1.29 is 23.7 Å². The van der Waals surface area contributed by atoms with Crippen LogP contribution in [0.1, 0.15) is 0 Å². The second-order valence-corrected chi connectivity index (χ2v) is 6.03. The maximum atomic E-state index is 12.4. The maximum Gasteiger partial charge on any atom is 0.319 e. The number of hydrogen-bond donors (Lipinski definition) is 2. The lowest BCUT2D eigenvalue weighted by Gasteiger charge is -2.34. The van der Waals surface area contributed by atoms with Gasteiger partial charge in [-0.2, -0.15) is 0 Å².